The zero-order valence-electron chi connectivity index (χ0n) is 16.0. The molecular weight excluding hydrogens is 344 g/mol. The largest absolute Gasteiger partial charge is 0.449 e. The van der Waals surface area contributed by atoms with Gasteiger partial charge in [0.05, 0.1) is 18.4 Å². The summed E-state index contributed by atoms with van der Waals surface area (Å²) in [5.41, 5.74) is 4.55. The van der Waals surface area contributed by atoms with E-state index in [1.165, 1.54) is 6.21 Å². The van der Waals surface area contributed by atoms with Crippen LogP contribution in [-0.4, -0.2) is 24.9 Å². The molecule has 1 N–H and O–H groups in total. The van der Waals surface area contributed by atoms with E-state index < -0.39 is 12.1 Å². The van der Waals surface area contributed by atoms with Gasteiger partial charge >= 0.3 is 12.1 Å². The third kappa shape index (κ3) is 6.26. The van der Waals surface area contributed by atoms with Gasteiger partial charge in [-0.25, -0.2) is 15.0 Å². The summed E-state index contributed by atoms with van der Waals surface area (Å²) in [6, 6.07) is 14.2. The van der Waals surface area contributed by atoms with Gasteiger partial charge in [-0.3, -0.25) is 0 Å². The van der Waals surface area contributed by atoms with Crippen LogP contribution in [0.15, 0.2) is 53.6 Å². The zero-order valence-corrected chi connectivity index (χ0v) is 16.0. The van der Waals surface area contributed by atoms with Gasteiger partial charge in [-0.1, -0.05) is 45.0 Å². The van der Waals surface area contributed by atoms with Gasteiger partial charge in [0.15, 0.2) is 0 Å². The van der Waals surface area contributed by atoms with Gasteiger partial charge in [0.1, 0.15) is 5.75 Å². The van der Waals surface area contributed by atoms with E-state index in [4.69, 9.17) is 9.47 Å². The van der Waals surface area contributed by atoms with Crippen molar-refractivity contribution in [1.29, 1.82) is 0 Å². The standard InChI is InChI=1S/C21H24N2O4/c1-5-26-20(25)23-22-14-15-7-6-8-18(13-15)27-19(24)16-9-11-17(12-10-16)21(2,3)4/h6-14H,5H2,1-4H3,(H,23,25). The average molecular weight is 368 g/mol. The molecule has 0 radical (unpaired) electrons. The van der Waals surface area contributed by atoms with E-state index >= 15 is 0 Å². The Bertz CT molecular complexity index is 821. The Hall–Kier alpha value is -3.15. The number of benzene rings is 2. The van der Waals surface area contributed by atoms with E-state index in [9.17, 15) is 9.59 Å². The molecule has 2 rings (SSSR count). The summed E-state index contributed by atoms with van der Waals surface area (Å²) in [6.07, 6.45) is 0.807. The summed E-state index contributed by atoms with van der Waals surface area (Å²) in [6.45, 7) is 8.32. The van der Waals surface area contributed by atoms with Gasteiger partial charge in [0.2, 0.25) is 0 Å². The van der Waals surface area contributed by atoms with Crippen LogP contribution in [0, 0.1) is 0 Å². The second kappa shape index (κ2) is 8.98. The van der Waals surface area contributed by atoms with Crippen molar-refractivity contribution in [2.24, 2.45) is 5.10 Å². The molecule has 1 amide bonds. The number of carbonyl (C=O) groups excluding carboxylic acids is 2. The molecule has 0 aliphatic carbocycles. The van der Waals surface area contributed by atoms with Crippen molar-refractivity contribution in [2.75, 3.05) is 6.61 Å². The highest BCUT2D eigenvalue weighted by atomic mass is 16.6. The lowest BCUT2D eigenvalue weighted by Crippen LogP contribution is -2.18. The Morgan fingerprint density at radius 2 is 1.81 bits per heavy atom. The summed E-state index contributed by atoms with van der Waals surface area (Å²) >= 11 is 0. The number of ether oxygens (including phenoxy) is 2. The molecule has 0 saturated heterocycles. The predicted octanol–water partition coefficient (Wildman–Crippen LogP) is 4.28. The van der Waals surface area contributed by atoms with E-state index in [2.05, 4.69) is 31.3 Å². The molecule has 0 unspecified atom stereocenters. The lowest BCUT2D eigenvalue weighted by Gasteiger charge is -2.18. The topological polar surface area (TPSA) is 77.0 Å². The van der Waals surface area contributed by atoms with Crippen LogP contribution in [0.2, 0.25) is 0 Å². The number of carbonyl (C=O) groups is 2. The SMILES string of the molecule is CCOC(=O)NN=Cc1cccc(OC(=O)c2ccc(C(C)(C)C)cc2)c1. The van der Waals surface area contributed by atoms with Crippen LogP contribution in [0.4, 0.5) is 4.79 Å². The number of nitrogens with zero attached hydrogens (tertiary/aromatic N) is 1. The second-order valence-corrected chi connectivity index (χ2v) is 6.88. The number of nitrogens with one attached hydrogen (secondary N) is 1. The first-order valence-corrected chi connectivity index (χ1v) is 8.68. The van der Waals surface area contributed by atoms with E-state index in [1.807, 2.05) is 12.1 Å². The van der Waals surface area contributed by atoms with Crippen LogP contribution in [0.25, 0.3) is 0 Å². The molecule has 6 heteroatoms. The first-order chi connectivity index (χ1) is 12.8. The lowest BCUT2D eigenvalue weighted by atomic mass is 9.87. The van der Waals surface area contributed by atoms with Crippen LogP contribution in [0.3, 0.4) is 0 Å². The first kappa shape index (κ1) is 20.2. The van der Waals surface area contributed by atoms with Crippen LogP contribution < -0.4 is 10.2 Å². The molecule has 2 aromatic carbocycles. The van der Waals surface area contributed by atoms with Gasteiger partial charge in [-0.2, -0.15) is 5.10 Å². The molecule has 0 atom stereocenters. The van der Waals surface area contributed by atoms with E-state index in [0.29, 0.717) is 16.9 Å². The fraction of sp³-hybridized carbons (Fsp3) is 0.286. The Balaban J connectivity index is 2.02. The van der Waals surface area contributed by atoms with Crippen molar-refractivity contribution in [3.05, 3.63) is 65.2 Å². The molecule has 0 spiro atoms. The van der Waals surface area contributed by atoms with Crippen LogP contribution >= 0.6 is 0 Å². The Morgan fingerprint density at radius 3 is 2.44 bits per heavy atom. The summed E-state index contributed by atoms with van der Waals surface area (Å²) in [7, 11) is 0. The van der Waals surface area contributed by atoms with Crippen LogP contribution in [0.1, 0.15) is 49.2 Å². The normalized spacial score (nSPS) is 11.3. The maximum atomic E-state index is 12.3. The minimum absolute atomic E-state index is 0.0215. The molecule has 142 valence electrons. The molecule has 0 aliphatic rings. The minimum Gasteiger partial charge on any atom is -0.449 e. The van der Waals surface area contributed by atoms with E-state index in [-0.39, 0.29) is 12.0 Å². The van der Waals surface area contributed by atoms with Crippen molar-refractivity contribution in [2.45, 2.75) is 33.1 Å². The van der Waals surface area contributed by atoms with Crippen molar-refractivity contribution >= 4 is 18.3 Å². The number of rotatable bonds is 5. The Kier molecular flexibility index (Phi) is 6.71. The van der Waals surface area contributed by atoms with Gasteiger partial charge in [-0.15, -0.1) is 0 Å². The van der Waals surface area contributed by atoms with Crippen molar-refractivity contribution in [3.8, 4) is 5.75 Å². The molecule has 0 aromatic heterocycles. The summed E-state index contributed by atoms with van der Waals surface area (Å²) < 4.78 is 10.1. The molecule has 0 fully saturated rings. The number of amides is 1. The van der Waals surface area contributed by atoms with Gasteiger partial charge in [-0.05, 0) is 47.7 Å². The summed E-state index contributed by atoms with van der Waals surface area (Å²) in [4.78, 5) is 23.5. The van der Waals surface area contributed by atoms with Gasteiger partial charge in [0.25, 0.3) is 0 Å². The van der Waals surface area contributed by atoms with Crippen LogP contribution in [-0.2, 0) is 10.2 Å². The fourth-order valence-corrected chi connectivity index (χ4v) is 2.25. The van der Waals surface area contributed by atoms with Crippen molar-refractivity contribution in [3.63, 3.8) is 0 Å². The lowest BCUT2D eigenvalue weighted by molar-refractivity contribution is 0.0734. The van der Waals surface area contributed by atoms with Crippen molar-refractivity contribution in [1.82, 2.24) is 5.43 Å². The second-order valence-electron chi connectivity index (χ2n) is 6.88. The zero-order chi connectivity index (χ0) is 19.9. The number of hydrogen-bond donors (Lipinski definition) is 1. The molecule has 0 saturated carbocycles. The van der Waals surface area contributed by atoms with Gasteiger partial charge in [0, 0.05) is 0 Å². The minimum atomic E-state index is -0.630. The third-order valence-electron chi connectivity index (χ3n) is 3.70. The molecule has 27 heavy (non-hydrogen) atoms. The van der Waals surface area contributed by atoms with E-state index in [1.54, 1.807) is 43.3 Å². The van der Waals surface area contributed by atoms with Crippen molar-refractivity contribution < 1.29 is 19.1 Å². The number of esters is 1. The van der Waals surface area contributed by atoms with Gasteiger partial charge < -0.3 is 9.47 Å². The highest BCUT2D eigenvalue weighted by molar-refractivity contribution is 5.91. The fourth-order valence-electron chi connectivity index (χ4n) is 2.25. The van der Waals surface area contributed by atoms with E-state index in [0.717, 1.165) is 5.56 Å². The highest BCUT2D eigenvalue weighted by Crippen LogP contribution is 2.22. The molecular formula is C21H24N2O4. The Morgan fingerprint density at radius 1 is 1.11 bits per heavy atom. The molecule has 0 aliphatic heterocycles. The third-order valence-corrected chi connectivity index (χ3v) is 3.70. The maximum Gasteiger partial charge on any atom is 0.427 e. The van der Waals surface area contributed by atoms with Crippen LogP contribution in [0.5, 0.6) is 5.75 Å². The predicted molar refractivity (Wildman–Crippen MR) is 104 cm³/mol. The molecule has 0 bridgehead atoms. The molecule has 2 aromatic rings. The maximum absolute atomic E-state index is 12.3. The first-order valence-electron chi connectivity index (χ1n) is 8.68. The summed E-state index contributed by atoms with van der Waals surface area (Å²) in [5.74, 6) is -0.0471. The number of hydrazone groups is 1. The average Bonchev–Trinajstić information content (AvgIpc) is 2.61. The summed E-state index contributed by atoms with van der Waals surface area (Å²) in [5, 5.41) is 3.78. The number of hydrogen-bond acceptors (Lipinski definition) is 5. The highest BCUT2D eigenvalue weighted by Gasteiger charge is 2.15. The monoisotopic (exact) mass is 368 g/mol. The molecule has 6 nitrogen and oxygen atoms in total. The smallest absolute Gasteiger partial charge is 0.427 e. The molecule has 0 heterocycles. The quantitative estimate of drug-likeness (QED) is 0.370. The Labute approximate surface area is 159 Å².